The van der Waals surface area contributed by atoms with E-state index in [1.54, 1.807) is 12.1 Å². The minimum Gasteiger partial charge on any atom is -0.490 e. The summed E-state index contributed by atoms with van der Waals surface area (Å²) >= 11 is 0. The van der Waals surface area contributed by atoms with Crippen molar-refractivity contribution in [1.29, 1.82) is 0 Å². The number of carbonyl (C=O) groups excluding carboxylic acids is 2. The van der Waals surface area contributed by atoms with Crippen LogP contribution in [0.25, 0.3) is 0 Å². The fourth-order valence-electron chi connectivity index (χ4n) is 5.02. The first-order valence-corrected chi connectivity index (χ1v) is 12.3. The van der Waals surface area contributed by atoms with Gasteiger partial charge in [-0.25, -0.2) is 4.39 Å². The van der Waals surface area contributed by atoms with Gasteiger partial charge in [-0.2, -0.15) is 0 Å². The second-order valence-electron chi connectivity index (χ2n) is 9.45. The highest BCUT2D eigenvalue weighted by molar-refractivity contribution is 5.78. The maximum Gasteiger partial charge on any atom is 0.223 e. The van der Waals surface area contributed by atoms with Crippen molar-refractivity contribution >= 4 is 11.8 Å². The van der Waals surface area contributed by atoms with Gasteiger partial charge in [0.25, 0.3) is 0 Å². The number of benzene rings is 1. The molecule has 0 saturated carbocycles. The van der Waals surface area contributed by atoms with Crippen LogP contribution in [0.5, 0.6) is 5.75 Å². The predicted octanol–water partition coefficient (Wildman–Crippen LogP) is 4.06. The molecule has 0 bridgehead atoms. The SMILES string of the molecule is Cc1noc(C)c1CCC(=O)N1CC[C@H](Oc2ccc(F)cc2)[C@@H](CC(=O)N2CCCCC2)C1. The van der Waals surface area contributed by atoms with Crippen LogP contribution >= 0.6 is 0 Å². The second kappa shape index (κ2) is 11.0. The summed E-state index contributed by atoms with van der Waals surface area (Å²) in [6.07, 6.45) is 4.98. The number of carbonyl (C=O) groups is 2. The molecule has 1 aromatic heterocycles. The average molecular weight is 472 g/mol. The molecule has 2 aliphatic heterocycles. The zero-order valence-electron chi connectivity index (χ0n) is 20.1. The molecule has 2 aliphatic rings. The zero-order chi connectivity index (χ0) is 24.1. The molecular weight excluding hydrogens is 437 g/mol. The fourth-order valence-corrected chi connectivity index (χ4v) is 5.02. The molecule has 2 amide bonds. The van der Waals surface area contributed by atoms with E-state index in [2.05, 4.69) is 5.16 Å². The Balaban J connectivity index is 1.41. The number of likely N-dealkylation sites (tertiary alicyclic amines) is 2. The van der Waals surface area contributed by atoms with Crippen LogP contribution in [0.2, 0.25) is 0 Å². The van der Waals surface area contributed by atoms with Gasteiger partial charge in [0.15, 0.2) is 0 Å². The number of nitrogens with zero attached hydrogens (tertiary/aromatic N) is 3. The Labute approximate surface area is 200 Å². The van der Waals surface area contributed by atoms with Crippen molar-refractivity contribution in [3.8, 4) is 5.75 Å². The summed E-state index contributed by atoms with van der Waals surface area (Å²) in [4.78, 5) is 29.9. The number of amides is 2. The zero-order valence-corrected chi connectivity index (χ0v) is 20.1. The summed E-state index contributed by atoms with van der Waals surface area (Å²) in [5.41, 5.74) is 1.81. The lowest BCUT2D eigenvalue weighted by atomic mass is 9.90. The van der Waals surface area contributed by atoms with E-state index >= 15 is 0 Å². The number of ether oxygens (including phenoxy) is 1. The van der Waals surface area contributed by atoms with Crippen molar-refractivity contribution in [2.24, 2.45) is 5.92 Å². The van der Waals surface area contributed by atoms with Crippen LogP contribution in [0.1, 0.15) is 55.5 Å². The van der Waals surface area contributed by atoms with E-state index in [1.807, 2.05) is 23.6 Å². The average Bonchev–Trinajstić information content (AvgIpc) is 3.17. The van der Waals surface area contributed by atoms with Crippen LogP contribution in [0.4, 0.5) is 4.39 Å². The molecule has 34 heavy (non-hydrogen) atoms. The van der Waals surface area contributed by atoms with E-state index in [0.717, 1.165) is 49.4 Å². The van der Waals surface area contributed by atoms with Gasteiger partial charge in [-0.3, -0.25) is 9.59 Å². The fraction of sp³-hybridized carbons (Fsp3) is 0.577. The lowest BCUT2D eigenvalue weighted by Gasteiger charge is -2.39. The maximum atomic E-state index is 13.3. The molecule has 8 heteroatoms. The maximum absolute atomic E-state index is 13.3. The third kappa shape index (κ3) is 5.96. The highest BCUT2D eigenvalue weighted by Gasteiger charge is 2.35. The van der Waals surface area contributed by atoms with Gasteiger partial charge in [0.05, 0.1) is 5.69 Å². The summed E-state index contributed by atoms with van der Waals surface area (Å²) in [6.45, 7) is 6.40. The highest BCUT2D eigenvalue weighted by Crippen LogP contribution is 2.28. The Morgan fingerprint density at radius 2 is 1.79 bits per heavy atom. The number of aryl methyl sites for hydroxylation is 2. The van der Waals surface area contributed by atoms with E-state index in [1.165, 1.54) is 12.1 Å². The third-order valence-electron chi connectivity index (χ3n) is 7.03. The van der Waals surface area contributed by atoms with E-state index in [-0.39, 0.29) is 29.7 Å². The monoisotopic (exact) mass is 471 g/mol. The van der Waals surface area contributed by atoms with Crippen molar-refractivity contribution in [2.45, 2.75) is 64.9 Å². The van der Waals surface area contributed by atoms with Crippen molar-refractivity contribution in [2.75, 3.05) is 26.2 Å². The molecule has 0 radical (unpaired) electrons. The van der Waals surface area contributed by atoms with Gasteiger partial charge >= 0.3 is 0 Å². The molecule has 0 N–H and O–H groups in total. The van der Waals surface area contributed by atoms with Crippen molar-refractivity contribution in [3.63, 3.8) is 0 Å². The van der Waals surface area contributed by atoms with Gasteiger partial charge in [0, 0.05) is 56.9 Å². The molecule has 2 saturated heterocycles. The van der Waals surface area contributed by atoms with Gasteiger partial charge in [-0.15, -0.1) is 0 Å². The minimum absolute atomic E-state index is 0.0654. The summed E-state index contributed by atoms with van der Waals surface area (Å²) < 4.78 is 24.7. The molecule has 2 aromatic rings. The number of hydrogen-bond donors (Lipinski definition) is 0. The Morgan fingerprint density at radius 3 is 2.47 bits per heavy atom. The van der Waals surface area contributed by atoms with Crippen LogP contribution < -0.4 is 4.74 Å². The first-order chi connectivity index (χ1) is 16.4. The summed E-state index contributed by atoms with van der Waals surface area (Å²) in [7, 11) is 0. The lowest BCUT2D eigenvalue weighted by molar-refractivity contribution is -0.139. The Hall–Kier alpha value is -2.90. The topological polar surface area (TPSA) is 75.9 Å². The molecule has 0 spiro atoms. The molecule has 0 aliphatic carbocycles. The van der Waals surface area contributed by atoms with Crippen molar-refractivity contribution in [3.05, 3.63) is 47.1 Å². The molecule has 184 valence electrons. The van der Waals surface area contributed by atoms with E-state index in [9.17, 15) is 14.0 Å². The van der Waals surface area contributed by atoms with Gasteiger partial charge in [-0.05, 0) is 63.8 Å². The van der Waals surface area contributed by atoms with Crippen LogP contribution in [0.3, 0.4) is 0 Å². The molecule has 2 atom stereocenters. The molecule has 3 heterocycles. The van der Waals surface area contributed by atoms with Crippen molar-refractivity contribution < 1.29 is 23.2 Å². The first-order valence-electron chi connectivity index (χ1n) is 12.3. The Bertz CT molecular complexity index is 965. The van der Waals surface area contributed by atoms with Crippen LogP contribution in [0, 0.1) is 25.6 Å². The molecule has 1 aromatic carbocycles. The van der Waals surface area contributed by atoms with Gasteiger partial charge in [-0.1, -0.05) is 5.16 Å². The normalized spacial score (nSPS) is 20.9. The lowest BCUT2D eigenvalue weighted by Crippen LogP contribution is -2.50. The molecule has 2 fully saturated rings. The van der Waals surface area contributed by atoms with Gasteiger partial charge < -0.3 is 19.1 Å². The first kappa shape index (κ1) is 24.2. The van der Waals surface area contributed by atoms with Crippen LogP contribution in [-0.4, -0.2) is 59.1 Å². The van der Waals surface area contributed by atoms with Crippen molar-refractivity contribution in [1.82, 2.24) is 15.0 Å². The number of halogens is 1. The molecule has 7 nitrogen and oxygen atoms in total. The third-order valence-corrected chi connectivity index (χ3v) is 7.03. The minimum atomic E-state index is -0.317. The van der Waals surface area contributed by atoms with Crippen LogP contribution in [-0.2, 0) is 16.0 Å². The molecule has 4 rings (SSSR count). The second-order valence-corrected chi connectivity index (χ2v) is 9.45. The highest BCUT2D eigenvalue weighted by atomic mass is 19.1. The van der Waals surface area contributed by atoms with E-state index < -0.39 is 0 Å². The van der Waals surface area contributed by atoms with E-state index in [0.29, 0.717) is 44.5 Å². The summed E-state index contributed by atoms with van der Waals surface area (Å²) in [5, 5.41) is 3.97. The van der Waals surface area contributed by atoms with Gasteiger partial charge in [0.1, 0.15) is 23.4 Å². The summed E-state index contributed by atoms with van der Waals surface area (Å²) in [6, 6.07) is 5.97. The molecular formula is C26H34FN3O4. The summed E-state index contributed by atoms with van der Waals surface area (Å²) in [5.74, 6) is 1.10. The standard InChI is InChI=1S/C26H34FN3O4/c1-18-23(19(2)34-28-18)10-11-25(31)30-15-12-24(33-22-8-6-21(27)7-9-22)20(17-30)16-26(32)29-13-4-3-5-14-29/h6-9,20,24H,3-5,10-17H2,1-2H3/t20-,24-/m0/s1. The van der Waals surface area contributed by atoms with E-state index in [4.69, 9.17) is 9.26 Å². The van der Waals surface area contributed by atoms with Gasteiger partial charge in [0.2, 0.25) is 11.8 Å². The number of rotatable bonds is 7. The Kier molecular flexibility index (Phi) is 7.85. The number of aromatic nitrogens is 1. The predicted molar refractivity (Wildman–Crippen MR) is 125 cm³/mol. The Morgan fingerprint density at radius 1 is 1.06 bits per heavy atom. The largest absolute Gasteiger partial charge is 0.490 e. The molecule has 0 unspecified atom stereocenters. The van der Waals surface area contributed by atoms with Crippen LogP contribution in [0.15, 0.2) is 28.8 Å². The number of hydrogen-bond acceptors (Lipinski definition) is 5. The smallest absolute Gasteiger partial charge is 0.223 e. The quantitative estimate of drug-likeness (QED) is 0.609. The number of piperidine rings is 2.